The van der Waals surface area contributed by atoms with E-state index in [9.17, 15) is 9.00 Å². The van der Waals surface area contributed by atoms with Gasteiger partial charge in [0.25, 0.3) is 0 Å². The van der Waals surface area contributed by atoms with Gasteiger partial charge in [0.05, 0.1) is 16.5 Å². The van der Waals surface area contributed by atoms with E-state index in [0.29, 0.717) is 30.5 Å². The number of carbonyl (C=O) groups excluding carboxylic acids is 1. The van der Waals surface area contributed by atoms with Crippen molar-refractivity contribution in [3.05, 3.63) is 41.1 Å². The normalized spacial score (nSPS) is 23.3. The highest BCUT2D eigenvalue weighted by Gasteiger charge is 2.31. The maximum atomic E-state index is 12.8. The van der Waals surface area contributed by atoms with Gasteiger partial charge in [0, 0.05) is 50.8 Å². The maximum Gasteiger partial charge on any atom is 0.227 e. The van der Waals surface area contributed by atoms with Gasteiger partial charge >= 0.3 is 0 Å². The number of rotatable bonds is 6. The van der Waals surface area contributed by atoms with Crippen LogP contribution in [0.4, 0.5) is 11.8 Å². The molecule has 1 unspecified atom stereocenters. The number of anilines is 2. The summed E-state index contributed by atoms with van der Waals surface area (Å²) in [7, 11) is -1.07. The van der Waals surface area contributed by atoms with Crippen molar-refractivity contribution in [1.29, 1.82) is 0 Å². The molecule has 3 aliphatic heterocycles. The molecular weight excluding hydrogens is 446 g/mol. The smallest absolute Gasteiger partial charge is 0.227 e. The fraction of sp³-hybridized carbons (Fsp3) is 0.577. The molecule has 0 radical (unpaired) electrons. The highest BCUT2D eigenvalue weighted by Crippen LogP contribution is 2.34. The van der Waals surface area contributed by atoms with Gasteiger partial charge in [0.15, 0.2) is 0 Å². The maximum absolute atomic E-state index is 12.8. The molecule has 0 aliphatic carbocycles. The largest absolute Gasteiger partial charge is 0.364 e. The van der Waals surface area contributed by atoms with Crippen LogP contribution in [0.25, 0.3) is 0 Å². The third kappa shape index (κ3) is 4.83. The lowest BCUT2D eigenvalue weighted by Gasteiger charge is -2.34. The lowest BCUT2D eigenvalue weighted by molar-refractivity contribution is -0.133. The van der Waals surface area contributed by atoms with Crippen LogP contribution in [0.1, 0.15) is 61.8 Å². The van der Waals surface area contributed by atoms with Crippen molar-refractivity contribution in [2.75, 3.05) is 42.1 Å². The molecule has 34 heavy (non-hydrogen) atoms. The molecule has 1 amide bonds. The van der Waals surface area contributed by atoms with Crippen molar-refractivity contribution in [2.24, 2.45) is 0 Å². The molecule has 0 spiro atoms. The van der Waals surface area contributed by atoms with Crippen molar-refractivity contribution < 1.29 is 9.00 Å². The monoisotopic (exact) mass is 481 g/mol. The molecule has 1 aromatic heterocycles. The van der Waals surface area contributed by atoms with Crippen molar-refractivity contribution in [1.82, 2.24) is 14.9 Å². The molecule has 2 fully saturated rings. The molecule has 2 saturated heterocycles. The summed E-state index contributed by atoms with van der Waals surface area (Å²) in [5.41, 5.74) is 3.63. The van der Waals surface area contributed by atoms with Gasteiger partial charge in [0.1, 0.15) is 10.7 Å². The first-order chi connectivity index (χ1) is 16.5. The van der Waals surface area contributed by atoms with Crippen molar-refractivity contribution in [3.63, 3.8) is 0 Å². The Hall–Kier alpha value is -2.48. The topological polar surface area (TPSA) is 78.4 Å². The molecule has 0 bridgehead atoms. The highest BCUT2D eigenvalue weighted by molar-refractivity contribution is 7.85. The van der Waals surface area contributed by atoms with Crippen molar-refractivity contribution >= 4 is 28.5 Å². The van der Waals surface area contributed by atoms with Gasteiger partial charge in [-0.2, -0.15) is 4.98 Å². The minimum Gasteiger partial charge on any atom is -0.364 e. The molecule has 2 atom stereocenters. The number of nitrogens with one attached hydrogen (secondary N) is 1. The summed E-state index contributed by atoms with van der Waals surface area (Å²) in [4.78, 5) is 27.0. The van der Waals surface area contributed by atoms with Crippen LogP contribution in [-0.4, -0.2) is 63.0 Å². The lowest BCUT2D eigenvalue weighted by atomic mass is 9.89. The first-order valence-electron chi connectivity index (χ1n) is 12.7. The molecule has 4 heterocycles. The van der Waals surface area contributed by atoms with Gasteiger partial charge in [0.2, 0.25) is 11.9 Å². The summed E-state index contributed by atoms with van der Waals surface area (Å²) in [6, 6.07) is 9.04. The number of benzene rings is 1. The van der Waals surface area contributed by atoms with E-state index in [0.717, 1.165) is 68.3 Å². The Kier molecular flexibility index (Phi) is 6.86. The summed E-state index contributed by atoms with van der Waals surface area (Å²) < 4.78 is 12.8. The number of aromatic nitrogens is 2. The first kappa shape index (κ1) is 23.3. The van der Waals surface area contributed by atoms with Crippen LogP contribution in [0.15, 0.2) is 29.2 Å². The second-order valence-corrected chi connectivity index (χ2v) is 11.3. The zero-order chi connectivity index (χ0) is 23.7. The van der Waals surface area contributed by atoms with E-state index in [1.54, 1.807) is 0 Å². The van der Waals surface area contributed by atoms with E-state index in [2.05, 4.69) is 48.3 Å². The van der Waals surface area contributed by atoms with Gasteiger partial charge < -0.3 is 15.1 Å². The third-order valence-corrected chi connectivity index (χ3v) is 8.80. The average Bonchev–Trinajstić information content (AvgIpc) is 3.23. The summed E-state index contributed by atoms with van der Waals surface area (Å²) in [5.74, 6) is 2.88. The average molecular weight is 482 g/mol. The highest BCUT2D eigenvalue weighted by atomic mass is 32.2. The van der Waals surface area contributed by atoms with E-state index in [4.69, 9.17) is 9.97 Å². The van der Waals surface area contributed by atoms with Crippen LogP contribution in [0, 0.1) is 6.92 Å². The van der Waals surface area contributed by atoms with Gasteiger partial charge in [-0.25, -0.2) is 4.98 Å². The standard InChI is InChI=1S/C26H35N5O2S/c1-3-13-31-17-21(8-9-23(31)32)27-25-24-22(12-16-34(24)33)28-26(29-25)30-14-10-20(11-15-30)19-6-4-18(2)5-7-19/h4-7,20-21H,3,8-17H2,1-2H3,(H,27,28,29)/t21-,34?/m0/s1. The second-order valence-electron chi connectivity index (χ2n) is 9.84. The fourth-order valence-corrected chi connectivity index (χ4v) is 6.70. The van der Waals surface area contributed by atoms with Crippen LogP contribution in [0.3, 0.4) is 0 Å². The van der Waals surface area contributed by atoms with Gasteiger partial charge in [-0.05, 0) is 44.1 Å². The second kappa shape index (κ2) is 10.0. The molecule has 8 heteroatoms. The number of amides is 1. The van der Waals surface area contributed by atoms with E-state index < -0.39 is 10.8 Å². The summed E-state index contributed by atoms with van der Waals surface area (Å²) in [5, 5.41) is 3.58. The molecule has 2 aromatic rings. The Morgan fingerprint density at radius 2 is 1.85 bits per heavy atom. The van der Waals surface area contributed by atoms with Crippen LogP contribution >= 0.6 is 0 Å². The third-order valence-electron chi connectivity index (χ3n) is 7.34. The lowest BCUT2D eigenvalue weighted by Crippen LogP contribution is -2.46. The molecule has 1 aromatic carbocycles. The Labute approximate surface area is 204 Å². The minimum atomic E-state index is -1.07. The van der Waals surface area contributed by atoms with E-state index in [1.807, 2.05) is 4.90 Å². The predicted molar refractivity (Wildman–Crippen MR) is 136 cm³/mol. The Morgan fingerprint density at radius 1 is 1.09 bits per heavy atom. The van der Waals surface area contributed by atoms with Gasteiger partial charge in [-0.1, -0.05) is 36.8 Å². The number of hydrogen-bond acceptors (Lipinski definition) is 6. The number of aryl methyl sites for hydroxylation is 2. The summed E-state index contributed by atoms with van der Waals surface area (Å²) in [6.45, 7) is 7.52. The molecule has 182 valence electrons. The summed E-state index contributed by atoms with van der Waals surface area (Å²) >= 11 is 0. The molecular formula is C26H35N5O2S. The molecule has 1 N–H and O–H groups in total. The molecule has 0 saturated carbocycles. The zero-order valence-corrected chi connectivity index (χ0v) is 21.1. The van der Waals surface area contributed by atoms with E-state index in [-0.39, 0.29) is 11.9 Å². The van der Waals surface area contributed by atoms with Crippen LogP contribution in [-0.2, 0) is 22.0 Å². The number of nitrogens with zero attached hydrogens (tertiary/aromatic N) is 4. The minimum absolute atomic E-state index is 0.126. The number of hydrogen-bond donors (Lipinski definition) is 1. The van der Waals surface area contributed by atoms with E-state index in [1.165, 1.54) is 11.1 Å². The van der Waals surface area contributed by atoms with Crippen LogP contribution in [0.5, 0.6) is 0 Å². The van der Waals surface area contributed by atoms with Gasteiger partial charge in [-0.3, -0.25) is 9.00 Å². The van der Waals surface area contributed by atoms with Crippen LogP contribution in [0.2, 0.25) is 0 Å². The predicted octanol–water partition coefficient (Wildman–Crippen LogP) is 3.65. The summed E-state index contributed by atoms with van der Waals surface area (Å²) in [6.07, 6.45) is 5.17. The SMILES string of the molecule is CCCN1C[C@@H](Nc2nc(N3CCC(c4ccc(C)cc4)CC3)nc3c2S(=O)CC3)CCC1=O. The zero-order valence-electron chi connectivity index (χ0n) is 20.3. The Balaban J connectivity index is 1.32. The van der Waals surface area contributed by atoms with E-state index >= 15 is 0 Å². The fourth-order valence-electron chi connectivity index (χ4n) is 5.39. The molecule has 5 rings (SSSR count). The quantitative estimate of drug-likeness (QED) is 0.679. The van der Waals surface area contributed by atoms with Crippen molar-refractivity contribution in [2.45, 2.75) is 69.2 Å². The van der Waals surface area contributed by atoms with Gasteiger partial charge in [-0.15, -0.1) is 0 Å². The number of piperidine rings is 2. The van der Waals surface area contributed by atoms with Crippen molar-refractivity contribution in [3.8, 4) is 0 Å². The molecule has 7 nitrogen and oxygen atoms in total. The van der Waals surface area contributed by atoms with Crippen LogP contribution < -0.4 is 10.2 Å². The number of fused-ring (bicyclic) bond motifs is 1. The Morgan fingerprint density at radius 3 is 2.59 bits per heavy atom. The number of likely N-dealkylation sites (tertiary alicyclic amines) is 1. The number of carbonyl (C=O) groups is 1. The molecule has 3 aliphatic rings. The Bertz CT molecular complexity index is 1070. The first-order valence-corrected chi connectivity index (χ1v) is 14.0.